The van der Waals surface area contributed by atoms with Crippen LogP contribution in [0.15, 0.2) is 41.4 Å². The van der Waals surface area contributed by atoms with Crippen molar-refractivity contribution in [1.82, 2.24) is 41.0 Å². The van der Waals surface area contributed by atoms with E-state index in [2.05, 4.69) is 58.5 Å². The fourth-order valence-electron chi connectivity index (χ4n) is 9.98. The van der Waals surface area contributed by atoms with Crippen molar-refractivity contribution in [3.05, 3.63) is 86.1 Å². The number of carbonyl (C=O) groups is 8. The average Bonchev–Trinajstić information content (AvgIpc) is 2.73. The number of aldehydes is 1. The molecule has 3 unspecified atom stereocenters. The van der Waals surface area contributed by atoms with Gasteiger partial charge in [-0.25, -0.2) is 9.37 Å². The van der Waals surface area contributed by atoms with Crippen molar-refractivity contribution in [3.8, 4) is 11.4 Å². The molecule has 2 aliphatic carbocycles. The second-order valence-electron chi connectivity index (χ2n) is 22.3. The molecule has 2 aromatic heterocycles. The molecular weight excluding hydrogens is 1270 g/mol. The number of benzene rings is 1. The molecule has 1 aromatic carbocycles. The minimum Gasteiger partial charge on any atom is -0.376 e. The maximum atomic E-state index is 15.5. The minimum atomic E-state index is -0.887. The molecule has 3 aromatic rings. The van der Waals surface area contributed by atoms with E-state index in [1.54, 1.807) is 18.6 Å². The Labute approximate surface area is 501 Å². The van der Waals surface area contributed by atoms with Gasteiger partial charge in [0.2, 0.25) is 12.8 Å². The first-order valence-electron chi connectivity index (χ1n) is 27.9. The number of primary amides is 2. The van der Waals surface area contributed by atoms with Crippen molar-refractivity contribution in [2.24, 2.45) is 17.4 Å². The summed E-state index contributed by atoms with van der Waals surface area (Å²) in [7, 11) is 3.63. The third-order valence-corrected chi connectivity index (χ3v) is 16.9. The number of rotatable bonds is 26. The first-order valence-corrected chi connectivity index (χ1v) is 30.6. The molecule has 7 rings (SSSR count). The Bertz CT molecular complexity index is 2940. The molecule has 4 heterocycles. The van der Waals surface area contributed by atoms with Gasteiger partial charge in [-0.3, -0.25) is 14.4 Å². The maximum Gasteiger partial charge on any atom is 0.204 e. The van der Waals surface area contributed by atoms with Crippen LogP contribution in [0.1, 0.15) is 133 Å². The Kier molecular flexibility index (Phi) is 26.3. The molecule has 0 spiro atoms. The van der Waals surface area contributed by atoms with Crippen LogP contribution in [0.25, 0.3) is 22.3 Å². The molecule has 1 fully saturated rings. The Morgan fingerprint density at radius 2 is 1.64 bits per heavy atom. The van der Waals surface area contributed by atoms with Gasteiger partial charge >= 0.3 is 220 Å². The molecule has 4 atom stereocenters. The summed E-state index contributed by atoms with van der Waals surface area (Å²) < 4.78 is 34.9. The number of allylic oxidation sites excluding steroid dienone is 1. The zero-order valence-corrected chi connectivity index (χ0v) is 53.5. The van der Waals surface area contributed by atoms with Crippen LogP contribution in [-0.2, 0) is 77.4 Å². The number of nitrogens with zero attached hydrogens (tertiary/aromatic N) is 3. The summed E-state index contributed by atoms with van der Waals surface area (Å²) in [6, 6.07) is 2.41. The third-order valence-electron chi connectivity index (χ3n) is 15.0. The molecule has 453 valence electrons. The fraction of sp³-hybridized carbons (Fsp3) is 0.559. The molecule has 9 N–H and O–H groups in total. The average molecular weight is 1350 g/mol. The number of ether oxygens (including phenoxy) is 3. The molecule has 83 heavy (non-hydrogen) atoms. The van der Waals surface area contributed by atoms with Gasteiger partial charge in [0.25, 0.3) is 5.56 Å². The summed E-state index contributed by atoms with van der Waals surface area (Å²) in [5, 5.41) is 15.3. The summed E-state index contributed by atoms with van der Waals surface area (Å²) in [4.78, 5) is 114. The van der Waals surface area contributed by atoms with Crippen LogP contribution in [0, 0.1) is 18.7 Å². The normalized spacial score (nSPS) is 16.2. The molecule has 1 saturated carbocycles. The van der Waals surface area contributed by atoms with Gasteiger partial charge in [-0.1, -0.05) is 20.3 Å². The zero-order valence-electron chi connectivity index (χ0n) is 49.6. The number of amides is 7. The van der Waals surface area contributed by atoms with Gasteiger partial charge in [0, 0.05) is 41.6 Å². The largest absolute Gasteiger partial charge is 0.376 e. The van der Waals surface area contributed by atoms with E-state index in [0.717, 1.165) is 54.2 Å². The van der Waals surface area contributed by atoms with Gasteiger partial charge in [0.1, 0.15) is 12.1 Å². The maximum absolute atomic E-state index is 15.5. The Hall–Kier alpha value is -6.29. The summed E-state index contributed by atoms with van der Waals surface area (Å²) in [6.45, 7) is 20.7. The number of nitrogens with one attached hydrogen (secondary N) is 5. The standard InChI is InChI=1S/C47H55FN7O8.C10H23NO2.2CH3NO.Pb/c1-7-9-30-32(47(6,8-2)23-56)19-36-43-31(21-55(36)46(30)62)42-34(14-13-29-27(5)33(48)20-35(52-43)41(29)42)53-45(61)44(28-11-12-28)63-24-50-38(58)18-25(3)51-37(57)16-17-49-39(59)22-54-26(4)10-15-40(54)60;1-9(2,7-11-5)13-8-10(3,4)12-6;2*2-1-3;/h10,15,19-20,23,25,28,34,44H,3-4,7-9,11-14,16-18,21-22,24H2,1-2,5-6H3,(H,49,59)(H,50,58)(H,51,57)(H,53,61);11H,7-8H2,1-6H3;2*1H,(H2,2,3);/t25?,34?,44?,47-;;;;/m0..../s1. The van der Waals surface area contributed by atoms with E-state index in [1.165, 1.54) is 23.1 Å². The second kappa shape index (κ2) is 31.6. The number of likely N-dealkylation sites (N-methyl/N-ethyl adjacent to an activating group) is 1. The van der Waals surface area contributed by atoms with E-state index in [1.807, 2.05) is 47.7 Å². The molecular formula is C59H84FN10O12Pb. The summed E-state index contributed by atoms with van der Waals surface area (Å²) in [6.07, 6.45) is 7.67. The van der Waals surface area contributed by atoms with Gasteiger partial charge in [0.05, 0.1) is 41.3 Å². The van der Waals surface area contributed by atoms with Crippen LogP contribution in [0.5, 0.6) is 0 Å². The van der Waals surface area contributed by atoms with Gasteiger partial charge in [-0.2, -0.15) is 0 Å². The van der Waals surface area contributed by atoms with E-state index in [0.29, 0.717) is 101 Å². The van der Waals surface area contributed by atoms with Gasteiger partial charge in [-0.05, 0) is 90.6 Å². The molecule has 3 radical (unpaired) electrons. The van der Waals surface area contributed by atoms with Crippen LogP contribution in [0.2, 0.25) is 3.98 Å². The van der Waals surface area contributed by atoms with Gasteiger partial charge in [-0.15, -0.1) is 0 Å². The number of carbonyl (C=O) groups excluding carboxylic acids is 8. The minimum absolute atomic E-state index is 0.00180. The first kappa shape index (κ1) is 69.2. The quantitative estimate of drug-likeness (QED) is 0.0270. The SMILES string of the molecule is C=C1C=CC(=O)N1CC(=O)NCCC(=O)NC([CH2][Pb])CC(=O)NCOC(C(=O)NC1CCc2c(C)c(F)cc3nc4c(c1c23)Cn1c-4cc([C@](C)(C=O)CC)c(CCC)c1=O)C1CC1.CNCC(C)(C)OCC(C)(C)OC.NC=O.NC=O. The summed E-state index contributed by atoms with van der Waals surface area (Å²) in [5.41, 5.74) is 13.1. The third kappa shape index (κ3) is 18.4. The summed E-state index contributed by atoms with van der Waals surface area (Å²) in [5.74, 6) is -2.20. The van der Waals surface area contributed by atoms with Crippen molar-refractivity contribution in [1.29, 1.82) is 0 Å². The van der Waals surface area contributed by atoms with Crippen LogP contribution in [-0.4, -0.2) is 159 Å². The number of methoxy groups -OCH3 is 1. The topological polar surface area (TPSA) is 315 Å². The fourth-order valence-corrected chi connectivity index (χ4v) is 10.9. The number of aromatic nitrogens is 2. The number of fused-ring (bicyclic) bond motifs is 4. The number of nitrogens with two attached hydrogens (primary N) is 2. The van der Waals surface area contributed by atoms with Crippen molar-refractivity contribution in [3.63, 3.8) is 0 Å². The van der Waals surface area contributed by atoms with E-state index < -0.39 is 29.5 Å². The molecule has 4 aliphatic rings. The predicted octanol–water partition coefficient (Wildman–Crippen LogP) is 3.17. The van der Waals surface area contributed by atoms with Crippen LogP contribution in [0.4, 0.5) is 4.39 Å². The van der Waals surface area contributed by atoms with Crippen LogP contribution >= 0.6 is 0 Å². The van der Waals surface area contributed by atoms with E-state index >= 15 is 4.39 Å². The Morgan fingerprint density at radius 1 is 0.964 bits per heavy atom. The number of pyridine rings is 2. The van der Waals surface area contributed by atoms with Crippen LogP contribution in [0.3, 0.4) is 0 Å². The zero-order chi connectivity index (χ0) is 62.0. The molecule has 2 aliphatic heterocycles. The van der Waals surface area contributed by atoms with Gasteiger partial charge in [0.15, 0.2) is 0 Å². The number of halogens is 1. The summed E-state index contributed by atoms with van der Waals surface area (Å²) >= 11 is 0.714. The Morgan fingerprint density at radius 3 is 2.20 bits per heavy atom. The number of hydrogen-bond donors (Lipinski definition) is 7. The predicted molar refractivity (Wildman–Crippen MR) is 313 cm³/mol. The van der Waals surface area contributed by atoms with Crippen molar-refractivity contribution in [2.45, 2.75) is 159 Å². The smallest absolute Gasteiger partial charge is 0.204 e. The monoisotopic (exact) mass is 1350 g/mol. The van der Waals surface area contributed by atoms with E-state index in [-0.39, 0.29) is 104 Å². The van der Waals surface area contributed by atoms with E-state index in [9.17, 15) is 33.6 Å². The number of aryl methyl sites for hydroxylation is 1. The van der Waals surface area contributed by atoms with E-state index in [4.69, 9.17) is 28.8 Å². The molecule has 22 nitrogen and oxygen atoms in total. The van der Waals surface area contributed by atoms with Gasteiger partial charge < -0.3 is 35.6 Å². The van der Waals surface area contributed by atoms with Crippen molar-refractivity contribution < 1.29 is 57.0 Å². The molecule has 0 saturated heterocycles. The van der Waals surface area contributed by atoms with Crippen LogP contribution < -0.4 is 43.6 Å². The molecule has 0 bridgehead atoms. The Balaban J connectivity index is 0.000000672. The first-order chi connectivity index (χ1) is 39.3. The number of hydrogen-bond acceptors (Lipinski definition) is 14. The second-order valence-corrected chi connectivity index (χ2v) is 23.9. The van der Waals surface area contributed by atoms with Crippen molar-refractivity contribution in [2.75, 3.05) is 47.1 Å². The molecule has 7 amide bonds. The molecule has 24 heteroatoms. The van der Waals surface area contributed by atoms with Crippen molar-refractivity contribution >= 4 is 85.3 Å².